The van der Waals surface area contributed by atoms with Crippen LogP contribution in [0.15, 0.2) is 63.8 Å². The van der Waals surface area contributed by atoms with Gasteiger partial charge < -0.3 is 14.6 Å². The van der Waals surface area contributed by atoms with Crippen LogP contribution >= 0.6 is 0 Å². The van der Waals surface area contributed by atoms with Gasteiger partial charge in [0.25, 0.3) is 0 Å². The lowest BCUT2D eigenvalue weighted by atomic mass is 9.89. The number of aromatic carboxylic acids is 1. The summed E-state index contributed by atoms with van der Waals surface area (Å²) < 4.78 is 5.77. The first-order valence-corrected chi connectivity index (χ1v) is 9.85. The zero-order valence-electron chi connectivity index (χ0n) is 17.4. The summed E-state index contributed by atoms with van der Waals surface area (Å²) in [6, 6.07) is 13.2. The standard InChI is InChI=1S/C22H14O6.C3H8/c1-11(23)12-2-5-15(18(8-12)22(26)27)21-16-6-3-13(24)9-19(16)28-20-10-14(25)4-7-17(20)21;1-3-2/h2-10,24H,1H3,(H,26,27);3H2,1-2H3. The van der Waals surface area contributed by atoms with E-state index in [0.29, 0.717) is 27.7 Å². The summed E-state index contributed by atoms with van der Waals surface area (Å²) in [4.78, 5) is 35.4. The highest BCUT2D eigenvalue weighted by Crippen LogP contribution is 2.42. The molecule has 0 saturated heterocycles. The zero-order valence-corrected chi connectivity index (χ0v) is 17.4. The van der Waals surface area contributed by atoms with E-state index in [9.17, 15) is 24.6 Å². The monoisotopic (exact) mass is 418 g/mol. The lowest BCUT2D eigenvalue weighted by Crippen LogP contribution is -2.05. The number of hydrogen-bond acceptors (Lipinski definition) is 5. The second kappa shape index (κ2) is 8.83. The molecule has 31 heavy (non-hydrogen) atoms. The molecule has 2 aromatic rings. The Morgan fingerprint density at radius 1 is 0.935 bits per heavy atom. The zero-order chi connectivity index (χ0) is 22.7. The fourth-order valence-electron chi connectivity index (χ4n) is 3.31. The molecule has 0 atom stereocenters. The molecule has 2 aliphatic rings. The number of carbonyl (C=O) groups is 2. The number of phenolic OH excluding ortho intramolecular Hbond substituents is 1. The molecule has 0 spiro atoms. The van der Waals surface area contributed by atoms with Crippen LogP contribution in [0, 0.1) is 0 Å². The fourth-order valence-corrected chi connectivity index (χ4v) is 3.31. The minimum absolute atomic E-state index is 0.0230. The molecule has 0 unspecified atom stereocenters. The number of benzene rings is 3. The van der Waals surface area contributed by atoms with Gasteiger partial charge in [-0.2, -0.15) is 0 Å². The van der Waals surface area contributed by atoms with Crippen molar-refractivity contribution < 1.29 is 24.2 Å². The smallest absolute Gasteiger partial charge is 0.336 e. The number of ketones is 1. The van der Waals surface area contributed by atoms with Crippen molar-refractivity contribution in [3.8, 4) is 28.2 Å². The van der Waals surface area contributed by atoms with Gasteiger partial charge in [-0.15, -0.1) is 0 Å². The number of Topliss-reactive ketones (excluding diaryl/α,β-unsaturated/α-hetero) is 1. The Kier molecular flexibility index (Phi) is 6.20. The summed E-state index contributed by atoms with van der Waals surface area (Å²) in [6.45, 7) is 5.62. The highest BCUT2D eigenvalue weighted by Gasteiger charge is 2.22. The Bertz CT molecular complexity index is 1320. The summed E-state index contributed by atoms with van der Waals surface area (Å²) in [5, 5.41) is 20.1. The molecule has 158 valence electrons. The van der Waals surface area contributed by atoms with Crippen LogP contribution in [0.3, 0.4) is 0 Å². The predicted molar refractivity (Wildman–Crippen MR) is 119 cm³/mol. The maximum Gasteiger partial charge on any atom is 0.336 e. The van der Waals surface area contributed by atoms with E-state index in [1.165, 1.54) is 43.7 Å². The van der Waals surface area contributed by atoms with E-state index in [-0.39, 0.29) is 33.8 Å². The fraction of sp³-hybridized carbons (Fsp3) is 0.160. The molecular weight excluding hydrogens is 396 g/mol. The van der Waals surface area contributed by atoms with Crippen molar-refractivity contribution in [3.05, 3.63) is 75.9 Å². The number of rotatable bonds is 3. The molecule has 0 aromatic heterocycles. The third-order valence-electron chi connectivity index (χ3n) is 4.60. The lowest BCUT2D eigenvalue weighted by molar-refractivity contribution is 0.0697. The molecule has 0 bridgehead atoms. The quantitative estimate of drug-likeness (QED) is 0.332. The Morgan fingerprint density at radius 2 is 1.61 bits per heavy atom. The maximum absolute atomic E-state index is 11.9. The van der Waals surface area contributed by atoms with Gasteiger partial charge in [-0.05, 0) is 42.8 Å². The van der Waals surface area contributed by atoms with Crippen LogP contribution in [0.1, 0.15) is 47.9 Å². The topological polar surface area (TPSA) is 105 Å². The molecule has 0 fully saturated rings. The van der Waals surface area contributed by atoms with Crippen LogP contribution in [0.4, 0.5) is 0 Å². The van der Waals surface area contributed by atoms with Gasteiger partial charge in [-0.3, -0.25) is 9.59 Å². The Labute approximate surface area is 178 Å². The van der Waals surface area contributed by atoms with E-state index in [0.717, 1.165) is 0 Å². The number of carbonyl (C=O) groups excluding carboxylic acids is 1. The third kappa shape index (κ3) is 4.33. The Morgan fingerprint density at radius 3 is 2.26 bits per heavy atom. The molecule has 1 aliphatic carbocycles. The van der Waals surface area contributed by atoms with Gasteiger partial charge in [-0.1, -0.05) is 32.4 Å². The summed E-state index contributed by atoms with van der Waals surface area (Å²) in [5.41, 5.74) is 1.77. The second-order valence-electron chi connectivity index (χ2n) is 7.14. The summed E-state index contributed by atoms with van der Waals surface area (Å²) >= 11 is 0. The number of aromatic hydroxyl groups is 1. The second-order valence-corrected chi connectivity index (χ2v) is 7.14. The maximum atomic E-state index is 11.9. The van der Waals surface area contributed by atoms with Crippen molar-refractivity contribution in [1.29, 1.82) is 0 Å². The van der Waals surface area contributed by atoms with Crippen LogP contribution in [-0.2, 0) is 0 Å². The van der Waals surface area contributed by atoms with Crippen LogP contribution in [0.2, 0.25) is 0 Å². The molecule has 0 radical (unpaired) electrons. The molecule has 2 aromatic carbocycles. The van der Waals surface area contributed by atoms with Crippen LogP contribution in [0.5, 0.6) is 5.75 Å². The Balaban J connectivity index is 0.000000858. The van der Waals surface area contributed by atoms with Crippen molar-refractivity contribution >= 4 is 22.7 Å². The SMILES string of the molecule is CC(=O)c1ccc(-c2c3ccc(=O)cc-3oc3cc(O)ccc23)c(C(=O)O)c1.CCC. The molecule has 6 heteroatoms. The van der Waals surface area contributed by atoms with Crippen LogP contribution in [-0.4, -0.2) is 22.0 Å². The molecule has 6 nitrogen and oxygen atoms in total. The van der Waals surface area contributed by atoms with Gasteiger partial charge in [-0.25, -0.2) is 4.79 Å². The van der Waals surface area contributed by atoms with Crippen molar-refractivity contribution in [3.63, 3.8) is 0 Å². The largest absolute Gasteiger partial charge is 0.508 e. The first kappa shape index (κ1) is 21.8. The van der Waals surface area contributed by atoms with Gasteiger partial charge >= 0.3 is 5.97 Å². The number of carboxylic acids is 1. The highest BCUT2D eigenvalue weighted by molar-refractivity contribution is 6.09. The summed E-state index contributed by atoms with van der Waals surface area (Å²) in [5.74, 6) is -1.18. The van der Waals surface area contributed by atoms with E-state index < -0.39 is 5.97 Å². The van der Waals surface area contributed by atoms with Crippen LogP contribution in [0.25, 0.3) is 33.4 Å². The molecule has 1 heterocycles. The van der Waals surface area contributed by atoms with Gasteiger partial charge in [0.15, 0.2) is 11.2 Å². The van der Waals surface area contributed by atoms with E-state index in [4.69, 9.17) is 4.42 Å². The molecule has 0 amide bonds. The number of hydrogen-bond donors (Lipinski definition) is 2. The minimum atomic E-state index is -1.18. The molecule has 0 saturated carbocycles. The number of fused-ring (bicyclic) bond motifs is 2. The normalized spacial score (nSPS) is 10.5. The van der Waals surface area contributed by atoms with Crippen molar-refractivity contribution in [2.24, 2.45) is 0 Å². The van der Waals surface area contributed by atoms with E-state index in [1.54, 1.807) is 24.3 Å². The Hall–Kier alpha value is -3.93. The van der Waals surface area contributed by atoms with Gasteiger partial charge in [0, 0.05) is 34.2 Å². The average molecular weight is 418 g/mol. The number of carboxylic acid groups (broad SMARTS) is 1. The first-order valence-electron chi connectivity index (χ1n) is 9.85. The van der Waals surface area contributed by atoms with Gasteiger partial charge in [0.2, 0.25) is 0 Å². The van der Waals surface area contributed by atoms with Crippen LogP contribution < -0.4 is 5.43 Å². The average Bonchev–Trinajstić information content (AvgIpc) is 2.71. The van der Waals surface area contributed by atoms with Crippen molar-refractivity contribution in [2.75, 3.05) is 0 Å². The summed E-state index contributed by atoms with van der Waals surface area (Å²) in [7, 11) is 0. The summed E-state index contributed by atoms with van der Waals surface area (Å²) in [6.07, 6.45) is 1.25. The lowest BCUT2D eigenvalue weighted by Gasteiger charge is -2.17. The van der Waals surface area contributed by atoms with Crippen molar-refractivity contribution in [2.45, 2.75) is 27.2 Å². The van der Waals surface area contributed by atoms with E-state index in [1.807, 2.05) is 0 Å². The molecule has 1 aliphatic heterocycles. The molecule has 4 rings (SSSR count). The predicted octanol–water partition coefficient (Wildman–Crippen LogP) is 5.59. The molecular formula is C25H22O6. The third-order valence-corrected chi connectivity index (χ3v) is 4.60. The van der Waals surface area contributed by atoms with E-state index >= 15 is 0 Å². The first-order chi connectivity index (χ1) is 14.8. The van der Waals surface area contributed by atoms with Crippen molar-refractivity contribution in [1.82, 2.24) is 0 Å². The van der Waals surface area contributed by atoms with E-state index in [2.05, 4.69) is 13.8 Å². The van der Waals surface area contributed by atoms with Gasteiger partial charge in [0.05, 0.1) is 5.56 Å². The number of phenols is 1. The van der Waals surface area contributed by atoms with Gasteiger partial charge in [0.1, 0.15) is 17.1 Å². The minimum Gasteiger partial charge on any atom is -0.508 e. The molecule has 2 N–H and O–H groups in total. The highest BCUT2D eigenvalue weighted by atomic mass is 16.4.